The lowest BCUT2D eigenvalue weighted by atomic mass is 10.4. The monoisotopic (exact) mass is 260 g/mol. The Morgan fingerprint density at radius 3 is 2.33 bits per heavy atom. The van der Waals surface area contributed by atoms with Crippen LogP contribution in [0.1, 0.15) is 9.75 Å². The van der Waals surface area contributed by atoms with E-state index in [1.165, 1.54) is 6.07 Å². The lowest BCUT2D eigenvalue weighted by Crippen LogP contribution is -2.01. The first-order valence-electron chi connectivity index (χ1n) is 2.91. The van der Waals surface area contributed by atoms with Crippen molar-refractivity contribution < 1.29 is 18.3 Å². The first kappa shape index (κ1) is 10.0. The van der Waals surface area contributed by atoms with Crippen LogP contribution in [0.5, 0.6) is 0 Å². The first-order chi connectivity index (χ1) is 5.45. The number of hydrogen-bond donors (Lipinski definition) is 1. The van der Waals surface area contributed by atoms with Crippen LogP contribution < -0.4 is 0 Å². The van der Waals surface area contributed by atoms with E-state index in [0.717, 1.165) is 0 Å². The maximum absolute atomic E-state index is 12.1. The fraction of sp³-hybridized carbons (Fsp3) is 0.333. The summed E-state index contributed by atoms with van der Waals surface area (Å²) in [6, 6.07) is 1.27. The molecule has 0 aromatic carbocycles. The third-order valence-electron chi connectivity index (χ3n) is 1.15. The molecule has 1 N–H and O–H groups in total. The van der Waals surface area contributed by atoms with Crippen molar-refractivity contribution in [3.8, 4) is 0 Å². The second-order valence-corrected chi connectivity index (χ2v) is 4.04. The molecule has 0 bridgehead atoms. The van der Waals surface area contributed by atoms with Gasteiger partial charge in [0.15, 0.2) is 0 Å². The predicted octanol–water partition coefficient (Wildman–Crippen LogP) is 3.02. The predicted molar refractivity (Wildman–Crippen MR) is 42.9 cm³/mol. The molecule has 0 unspecified atom stereocenters. The Hall–Kier alpha value is -0.0700. The SMILES string of the molecule is OCc1cc(Br)c(C(F)(F)F)s1. The zero-order valence-corrected chi connectivity index (χ0v) is 8.05. The molecule has 0 atom stereocenters. The standard InChI is InChI=1S/C6H4BrF3OS/c7-4-1-3(2-11)12-5(4)6(8,9)10/h1,11H,2H2. The van der Waals surface area contributed by atoms with E-state index in [0.29, 0.717) is 16.2 Å². The Morgan fingerprint density at radius 1 is 1.50 bits per heavy atom. The topological polar surface area (TPSA) is 20.2 Å². The highest BCUT2D eigenvalue weighted by molar-refractivity contribution is 9.10. The molecular formula is C6H4BrF3OS. The number of thiophene rings is 1. The van der Waals surface area contributed by atoms with Gasteiger partial charge in [-0.25, -0.2) is 0 Å². The molecule has 1 heterocycles. The number of aliphatic hydroxyl groups excluding tert-OH is 1. The van der Waals surface area contributed by atoms with E-state index in [-0.39, 0.29) is 11.1 Å². The van der Waals surface area contributed by atoms with Crippen LogP contribution in [0.15, 0.2) is 10.5 Å². The van der Waals surface area contributed by atoms with Crippen LogP contribution in [0, 0.1) is 0 Å². The molecular weight excluding hydrogens is 257 g/mol. The molecule has 1 aromatic heterocycles. The lowest BCUT2D eigenvalue weighted by Gasteiger charge is -2.02. The molecule has 1 rings (SSSR count). The molecule has 0 aliphatic heterocycles. The maximum Gasteiger partial charge on any atom is 0.426 e. The van der Waals surface area contributed by atoms with Gasteiger partial charge >= 0.3 is 6.18 Å². The fourth-order valence-electron chi connectivity index (χ4n) is 0.687. The van der Waals surface area contributed by atoms with Crippen LogP contribution in [-0.4, -0.2) is 5.11 Å². The second-order valence-electron chi connectivity index (χ2n) is 2.05. The third kappa shape index (κ3) is 1.99. The number of hydrogen-bond acceptors (Lipinski definition) is 2. The summed E-state index contributed by atoms with van der Waals surface area (Å²) in [5.74, 6) is 0. The summed E-state index contributed by atoms with van der Waals surface area (Å²) < 4.78 is 36.3. The van der Waals surface area contributed by atoms with Gasteiger partial charge in [0.1, 0.15) is 4.88 Å². The van der Waals surface area contributed by atoms with Gasteiger partial charge in [0.25, 0.3) is 0 Å². The molecule has 0 spiro atoms. The van der Waals surface area contributed by atoms with Gasteiger partial charge in [-0.2, -0.15) is 13.2 Å². The van der Waals surface area contributed by atoms with Gasteiger partial charge in [-0.3, -0.25) is 0 Å². The summed E-state index contributed by atoms with van der Waals surface area (Å²) in [7, 11) is 0. The van der Waals surface area contributed by atoms with Crippen LogP contribution in [0.25, 0.3) is 0 Å². The molecule has 1 aromatic rings. The summed E-state index contributed by atoms with van der Waals surface area (Å²) in [4.78, 5) is -0.402. The minimum atomic E-state index is -4.34. The number of aliphatic hydroxyl groups is 1. The highest BCUT2D eigenvalue weighted by Crippen LogP contribution is 2.40. The Bertz CT molecular complexity index is 281. The van der Waals surface area contributed by atoms with Gasteiger partial charge in [-0.15, -0.1) is 11.3 Å². The van der Waals surface area contributed by atoms with Crippen molar-refractivity contribution in [2.24, 2.45) is 0 Å². The number of alkyl halides is 3. The quantitative estimate of drug-likeness (QED) is 0.823. The Balaban J connectivity index is 3.08. The van der Waals surface area contributed by atoms with E-state index >= 15 is 0 Å². The molecule has 0 aliphatic rings. The average molecular weight is 261 g/mol. The minimum absolute atomic E-state index is 0.0101. The van der Waals surface area contributed by atoms with Gasteiger partial charge < -0.3 is 5.11 Å². The van der Waals surface area contributed by atoms with Gasteiger partial charge in [-0.1, -0.05) is 0 Å². The first-order valence-corrected chi connectivity index (χ1v) is 4.52. The van der Waals surface area contributed by atoms with Gasteiger partial charge in [0.05, 0.1) is 6.61 Å². The minimum Gasteiger partial charge on any atom is -0.391 e. The molecule has 12 heavy (non-hydrogen) atoms. The van der Waals surface area contributed by atoms with Crippen LogP contribution in [-0.2, 0) is 12.8 Å². The average Bonchev–Trinajstić information content (AvgIpc) is 2.29. The molecule has 68 valence electrons. The van der Waals surface area contributed by atoms with E-state index in [2.05, 4.69) is 15.9 Å². The summed E-state index contributed by atoms with van der Waals surface area (Å²) in [5, 5.41) is 8.56. The van der Waals surface area contributed by atoms with Crippen molar-refractivity contribution >= 4 is 27.3 Å². The molecule has 1 nitrogen and oxygen atoms in total. The van der Waals surface area contributed by atoms with Gasteiger partial charge in [0, 0.05) is 9.35 Å². The Labute approximate surface area is 79.0 Å². The van der Waals surface area contributed by atoms with E-state index in [1.807, 2.05) is 0 Å². The van der Waals surface area contributed by atoms with Crippen molar-refractivity contribution in [3.05, 3.63) is 20.3 Å². The largest absolute Gasteiger partial charge is 0.426 e. The van der Waals surface area contributed by atoms with Crippen molar-refractivity contribution in [2.75, 3.05) is 0 Å². The van der Waals surface area contributed by atoms with Crippen molar-refractivity contribution in [3.63, 3.8) is 0 Å². The molecule has 0 saturated carbocycles. The van der Waals surface area contributed by atoms with Gasteiger partial charge in [-0.05, 0) is 22.0 Å². The summed E-state index contributed by atoms with van der Waals surface area (Å²) in [6.45, 7) is -0.362. The summed E-state index contributed by atoms with van der Waals surface area (Å²) >= 11 is 3.32. The number of halogens is 4. The van der Waals surface area contributed by atoms with Gasteiger partial charge in [0.2, 0.25) is 0 Å². The normalized spacial score (nSPS) is 12.1. The number of rotatable bonds is 1. The van der Waals surface area contributed by atoms with Crippen molar-refractivity contribution in [1.82, 2.24) is 0 Å². The van der Waals surface area contributed by atoms with Crippen LogP contribution in [0.4, 0.5) is 13.2 Å². The molecule has 0 amide bonds. The Kier molecular flexibility index (Phi) is 2.80. The summed E-state index contributed by atoms with van der Waals surface area (Å²) in [6.07, 6.45) is -4.34. The summed E-state index contributed by atoms with van der Waals surface area (Å²) in [5.41, 5.74) is 0. The lowest BCUT2D eigenvalue weighted by molar-refractivity contribution is -0.134. The van der Waals surface area contributed by atoms with E-state index in [9.17, 15) is 13.2 Å². The van der Waals surface area contributed by atoms with Crippen LogP contribution >= 0.6 is 27.3 Å². The molecule has 0 fully saturated rings. The van der Waals surface area contributed by atoms with E-state index in [1.54, 1.807) is 0 Å². The van der Waals surface area contributed by atoms with Crippen molar-refractivity contribution in [1.29, 1.82) is 0 Å². The highest BCUT2D eigenvalue weighted by atomic mass is 79.9. The van der Waals surface area contributed by atoms with E-state index < -0.39 is 11.1 Å². The smallest absolute Gasteiger partial charge is 0.391 e. The highest BCUT2D eigenvalue weighted by Gasteiger charge is 2.35. The van der Waals surface area contributed by atoms with Crippen LogP contribution in [0.2, 0.25) is 0 Å². The zero-order chi connectivity index (χ0) is 9.35. The van der Waals surface area contributed by atoms with Crippen LogP contribution in [0.3, 0.4) is 0 Å². The molecule has 0 radical (unpaired) electrons. The maximum atomic E-state index is 12.1. The molecule has 0 aliphatic carbocycles. The zero-order valence-electron chi connectivity index (χ0n) is 5.65. The fourth-order valence-corrected chi connectivity index (χ4v) is 2.36. The Morgan fingerprint density at radius 2 is 2.08 bits per heavy atom. The van der Waals surface area contributed by atoms with E-state index in [4.69, 9.17) is 5.11 Å². The second kappa shape index (κ2) is 3.35. The third-order valence-corrected chi connectivity index (χ3v) is 3.20. The molecule has 6 heteroatoms. The molecule has 0 saturated heterocycles. The van der Waals surface area contributed by atoms with Crippen molar-refractivity contribution in [2.45, 2.75) is 12.8 Å².